The predicted octanol–water partition coefficient (Wildman–Crippen LogP) is 4.95. The Balaban J connectivity index is 1.54. The number of aryl methyl sites for hydroxylation is 1. The van der Waals surface area contributed by atoms with Crippen LogP contribution in [0.1, 0.15) is 12.5 Å². The van der Waals surface area contributed by atoms with Crippen LogP contribution >= 0.6 is 11.3 Å². The summed E-state index contributed by atoms with van der Waals surface area (Å²) in [4.78, 5) is 34.1. The summed E-state index contributed by atoms with van der Waals surface area (Å²) in [7, 11) is 0. The van der Waals surface area contributed by atoms with Gasteiger partial charge >= 0.3 is 0 Å². The molecule has 0 saturated heterocycles. The molecule has 0 atom stereocenters. The molecule has 7 heteroatoms. The Morgan fingerprint density at radius 1 is 1.06 bits per heavy atom. The first-order valence-corrected chi connectivity index (χ1v) is 11.3. The topological polar surface area (TPSA) is 62.7 Å². The lowest BCUT2D eigenvalue weighted by Gasteiger charge is -2.30. The molecule has 2 amide bonds. The van der Waals surface area contributed by atoms with Gasteiger partial charge in [0, 0.05) is 0 Å². The van der Waals surface area contributed by atoms with Gasteiger partial charge in [0.05, 0.1) is 21.6 Å². The molecule has 0 spiro atoms. The molecule has 4 aromatic rings. The number of amides is 2. The van der Waals surface area contributed by atoms with E-state index in [1.165, 1.54) is 21.8 Å². The summed E-state index contributed by atoms with van der Waals surface area (Å²) < 4.78 is 6.51. The van der Waals surface area contributed by atoms with Crippen molar-refractivity contribution in [2.24, 2.45) is 0 Å². The standard InChI is InChI=1S/C25H21N3O3S/c1-2-17-11-13-18(14-12-17)28(25-26-19-7-3-6-10-22(19)32-25)23(29)15-27-20-8-4-5-9-21(20)31-16-24(27)30/h3-14H,2,15-16H2,1H3. The van der Waals surface area contributed by atoms with Gasteiger partial charge in [0.25, 0.3) is 11.8 Å². The minimum Gasteiger partial charge on any atom is -0.482 e. The van der Waals surface area contributed by atoms with Crippen LogP contribution in [-0.2, 0) is 16.0 Å². The van der Waals surface area contributed by atoms with Crippen molar-refractivity contribution in [3.05, 3.63) is 78.4 Å². The second kappa shape index (κ2) is 8.43. The van der Waals surface area contributed by atoms with Crippen molar-refractivity contribution in [1.29, 1.82) is 0 Å². The summed E-state index contributed by atoms with van der Waals surface area (Å²) in [6.45, 7) is 1.90. The number of para-hydroxylation sites is 3. The zero-order chi connectivity index (χ0) is 22.1. The quantitative estimate of drug-likeness (QED) is 0.438. The SMILES string of the molecule is CCc1ccc(N(C(=O)CN2C(=O)COc3ccccc32)c2nc3ccccc3s2)cc1. The van der Waals surface area contributed by atoms with E-state index in [4.69, 9.17) is 9.72 Å². The van der Waals surface area contributed by atoms with Crippen molar-refractivity contribution in [1.82, 2.24) is 4.98 Å². The third kappa shape index (κ3) is 3.71. The summed E-state index contributed by atoms with van der Waals surface area (Å²) >= 11 is 1.45. The van der Waals surface area contributed by atoms with Gasteiger partial charge in [0.2, 0.25) is 0 Å². The summed E-state index contributed by atoms with van der Waals surface area (Å²) in [5, 5.41) is 0.578. The van der Waals surface area contributed by atoms with Crippen molar-refractivity contribution >= 4 is 49.9 Å². The number of hydrogen-bond donors (Lipinski definition) is 0. The highest BCUT2D eigenvalue weighted by atomic mass is 32.1. The molecule has 0 unspecified atom stereocenters. The van der Waals surface area contributed by atoms with Gasteiger partial charge in [-0.15, -0.1) is 0 Å². The van der Waals surface area contributed by atoms with E-state index >= 15 is 0 Å². The number of nitrogens with zero attached hydrogens (tertiary/aromatic N) is 3. The first kappa shape index (κ1) is 20.2. The van der Waals surface area contributed by atoms with E-state index in [-0.39, 0.29) is 25.0 Å². The van der Waals surface area contributed by atoms with Crippen LogP contribution in [0.5, 0.6) is 5.75 Å². The number of aromatic nitrogens is 1. The van der Waals surface area contributed by atoms with Gasteiger partial charge in [-0.3, -0.25) is 19.4 Å². The van der Waals surface area contributed by atoms with E-state index in [9.17, 15) is 9.59 Å². The summed E-state index contributed by atoms with van der Waals surface area (Å²) in [5.74, 6) is 0.111. The Kier molecular flexibility index (Phi) is 5.33. The highest BCUT2D eigenvalue weighted by Gasteiger charge is 2.30. The van der Waals surface area contributed by atoms with Gasteiger partial charge in [-0.1, -0.05) is 54.7 Å². The highest BCUT2D eigenvalue weighted by molar-refractivity contribution is 7.22. The number of carbonyl (C=O) groups is 2. The van der Waals surface area contributed by atoms with Gasteiger partial charge in [0.1, 0.15) is 12.3 Å². The van der Waals surface area contributed by atoms with Crippen LogP contribution in [0, 0.1) is 0 Å². The lowest BCUT2D eigenvalue weighted by Crippen LogP contribution is -2.45. The molecule has 0 radical (unpaired) electrons. The van der Waals surface area contributed by atoms with Crippen LogP contribution in [0.3, 0.4) is 0 Å². The molecular weight excluding hydrogens is 422 g/mol. The molecular formula is C25H21N3O3S. The Bertz CT molecular complexity index is 1270. The Labute approximate surface area is 189 Å². The Morgan fingerprint density at radius 3 is 2.59 bits per heavy atom. The number of hydrogen-bond acceptors (Lipinski definition) is 5. The van der Waals surface area contributed by atoms with Crippen LogP contribution in [0.25, 0.3) is 10.2 Å². The van der Waals surface area contributed by atoms with Crippen molar-refractivity contribution in [2.45, 2.75) is 13.3 Å². The second-order valence-electron chi connectivity index (χ2n) is 7.45. The van der Waals surface area contributed by atoms with Crippen molar-refractivity contribution < 1.29 is 14.3 Å². The van der Waals surface area contributed by atoms with E-state index in [2.05, 4.69) is 6.92 Å². The first-order chi connectivity index (χ1) is 15.6. The summed E-state index contributed by atoms with van der Waals surface area (Å²) in [5.41, 5.74) is 3.34. The number of ether oxygens (including phenoxy) is 1. The largest absolute Gasteiger partial charge is 0.482 e. The van der Waals surface area contributed by atoms with E-state index in [1.807, 2.05) is 60.7 Å². The maximum atomic E-state index is 13.7. The fraction of sp³-hybridized carbons (Fsp3) is 0.160. The highest BCUT2D eigenvalue weighted by Crippen LogP contribution is 2.35. The number of benzene rings is 3. The molecule has 3 aromatic carbocycles. The fourth-order valence-electron chi connectivity index (χ4n) is 3.73. The molecule has 2 heterocycles. The monoisotopic (exact) mass is 443 g/mol. The summed E-state index contributed by atoms with van der Waals surface area (Å²) in [6, 6.07) is 22.9. The average Bonchev–Trinajstić information content (AvgIpc) is 3.25. The minimum absolute atomic E-state index is 0.0867. The smallest absolute Gasteiger partial charge is 0.265 e. The molecule has 32 heavy (non-hydrogen) atoms. The van der Waals surface area contributed by atoms with Gasteiger partial charge < -0.3 is 4.74 Å². The van der Waals surface area contributed by atoms with Crippen molar-refractivity contribution in [3.8, 4) is 5.75 Å². The van der Waals surface area contributed by atoms with Crippen LogP contribution in [0.4, 0.5) is 16.5 Å². The average molecular weight is 444 g/mol. The molecule has 0 saturated carbocycles. The summed E-state index contributed by atoms with van der Waals surface area (Å²) in [6.07, 6.45) is 0.911. The number of anilines is 3. The molecule has 0 fully saturated rings. The van der Waals surface area contributed by atoms with Gasteiger partial charge in [-0.2, -0.15) is 0 Å². The Morgan fingerprint density at radius 2 is 1.81 bits per heavy atom. The molecule has 5 rings (SSSR count). The number of rotatable bonds is 5. The molecule has 1 aromatic heterocycles. The molecule has 1 aliphatic heterocycles. The molecule has 6 nitrogen and oxygen atoms in total. The molecule has 1 aliphatic rings. The third-order valence-electron chi connectivity index (χ3n) is 5.43. The van der Waals surface area contributed by atoms with Crippen LogP contribution < -0.4 is 14.5 Å². The van der Waals surface area contributed by atoms with Gasteiger partial charge in [0.15, 0.2) is 11.7 Å². The van der Waals surface area contributed by atoms with Crippen LogP contribution in [0.15, 0.2) is 72.8 Å². The maximum Gasteiger partial charge on any atom is 0.265 e. The number of carbonyl (C=O) groups excluding carboxylic acids is 2. The molecule has 160 valence electrons. The van der Waals surface area contributed by atoms with E-state index in [1.54, 1.807) is 17.0 Å². The third-order valence-corrected chi connectivity index (χ3v) is 6.45. The molecule has 0 aliphatic carbocycles. The van der Waals surface area contributed by atoms with Crippen LogP contribution in [-0.4, -0.2) is 29.9 Å². The zero-order valence-electron chi connectivity index (χ0n) is 17.5. The zero-order valence-corrected chi connectivity index (χ0v) is 18.3. The number of fused-ring (bicyclic) bond motifs is 2. The second-order valence-corrected chi connectivity index (χ2v) is 8.46. The lowest BCUT2D eigenvalue weighted by molar-refractivity contribution is -0.124. The maximum absolute atomic E-state index is 13.7. The predicted molar refractivity (Wildman–Crippen MR) is 127 cm³/mol. The minimum atomic E-state index is -0.248. The van der Waals surface area contributed by atoms with Gasteiger partial charge in [-0.25, -0.2) is 4.98 Å². The van der Waals surface area contributed by atoms with Crippen molar-refractivity contribution in [3.63, 3.8) is 0 Å². The van der Waals surface area contributed by atoms with Crippen LogP contribution in [0.2, 0.25) is 0 Å². The Hall–Kier alpha value is -3.71. The number of thiazole rings is 1. The van der Waals surface area contributed by atoms with E-state index in [0.29, 0.717) is 16.6 Å². The first-order valence-electron chi connectivity index (χ1n) is 10.4. The molecule has 0 N–H and O–H groups in total. The van der Waals surface area contributed by atoms with Gasteiger partial charge in [-0.05, 0) is 48.4 Å². The van der Waals surface area contributed by atoms with E-state index in [0.717, 1.165) is 22.3 Å². The molecule has 0 bridgehead atoms. The fourth-order valence-corrected chi connectivity index (χ4v) is 4.73. The lowest BCUT2D eigenvalue weighted by atomic mass is 10.1. The van der Waals surface area contributed by atoms with E-state index < -0.39 is 0 Å². The van der Waals surface area contributed by atoms with Crippen molar-refractivity contribution in [2.75, 3.05) is 23.0 Å². The normalized spacial score (nSPS) is 13.0.